The molecule has 0 bridgehead atoms. The second-order valence-corrected chi connectivity index (χ2v) is 8.13. The summed E-state index contributed by atoms with van der Waals surface area (Å²) in [6, 6.07) is 19.7. The Bertz CT molecular complexity index is 980. The minimum Gasteiger partial charge on any atom is -0.490 e. The van der Waals surface area contributed by atoms with Crippen LogP contribution in [0, 0.1) is 0 Å². The molecule has 0 aliphatic rings. The summed E-state index contributed by atoms with van der Waals surface area (Å²) in [6.45, 7) is 5.48. The van der Waals surface area contributed by atoms with Crippen molar-refractivity contribution in [1.29, 1.82) is 0 Å². The molecule has 0 amide bonds. The van der Waals surface area contributed by atoms with Crippen LogP contribution >= 0.6 is 34.8 Å². The molecule has 0 saturated heterocycles. The van der Waals surface area contributed by atoms with Gasteiger partial charge in [-0.05, 0) is 49.2 Å². The van der Waals surface area contributed by atoms with E-state index in [4.69, 9.17) is 44.3 Å². The first-order valence-corrected chi connectivity index (χ1v) is 10.9. The third kappa shape index (κ3) is 6.05. The molecule has 0 aliphatic heterocycles. The van der Waals surface area contributed by atoms with Crippen molar-refractivity contribution in [2.45, 2.75) is 33.0 Å². The highest BCUT2D eigenvalue weighted by atomic mass is 35.5. The number of hydrogen-bond donors (Lipinski definition) is 1. The molecule has 0 spiro atoms. The van der Waals surface area contributed by atoms with E-state index in [-0.39, 0.29) is 12.6 Å². The van der Waals surface area contributed by atoms with Crippen LogP contribution in [0.1, 0.15) is 36.6 Å². The van der Waals surface area contributed by atoms with Crippen LogP contribution < -0.4 is 14.8 Å². The van der Waals surface area contributed by atoms with Gasteiger partial charge in [0.25, 0.3) is 0 Å². The van der Waals surface area contributed by atoms with Crippen molar-refractivity contribution in [1.82, 2.24) is 5.32 Å². The van der Waals surface area contributed by atoms with Gasteiger partial charge in [0.2, 0.25) is 0 Å². The average Bonchev–Trinajstić information content (AvgIpc) is 2.73. The summed E-state index contributed by atoms with van der Waals surface area (Å²) in [5.41, 5.74) is 3.07. The molecule has 0 saturated carbocycles. The lowest BCUT2D eigenvalue weighted by molar-refractivity contribution is 0.269. The molecule has 158 valence electrons. The van der Waals surface area contributed by atoms with Crippen molar-refractivity contribution < 1.29 is 9.47 Å². The van der Waals surface area contributed by atoms with E-state index >= 15 is 0 Å². The monoisotopic (exact) mass is 463 g/mol. The topological polar surface area (TPSA) is 30.5 Å². The molecule has 3 aromatic rings. The minimum absolute atomic E-state index is 0.212. The molecular formula is C24H24Cl3NO2. The molecule has 1 atom stereocenters. The van der Waals surface area contributed by atoms with Gasteiger partial charge in [0, 0.05) is 28.2 Å². The third-order valence-electron chi connectivity index (χ3n) is 4.67. The molecular weight excluding hydrogens is 441 g/mol. The highest BCUT2D eigenvalue weighted by molar-refractivity contribution is 6.35. The SMILES string of the molecule is CCOc1cc(CNC(C)c2ccccc2)cc(Cl)c1OCc1ccc(Cl)cc1Cl. The van der Waals surface area contributed by atoms with Gasteiger partial charge in [-0.25, -0.2) is 0 Å². The van der Waals surface area contributed by atoms with Crippen LogP contribution in [0.2, 0.25) is 15.1 Å². The number of nitrogens with one attached hydrogen (secondary N) is 1. The number of benzene rings is 3. The minimum atomic E-state index is 0.212. The maximum atomic E-state index is 6.55. The molecule has 0 heterocycles. The van der Waals surface area contributed by atoms with Crippen LogP contribution in [-0.2, 0) is 13.2 Å². The summed E-state index contributed by atoms with van der Waals surface area (Å²) >= 11 is 18.8. The molecule has 3 rings (SSSR count). The molecule has 3 nitrogen and oxygen atoms in total. The van der Waals surface area contributed by atoms with E-state index in [1.165, 1.54) is 5.56 Å². The lowest BCUT2D eigenvalue weighted by atomic mass is 10.1. The van der Waals surface area contributed by atoms with Gasteiger partial charge in [0.15, 0.2) is 11.5 Å². The summed E-state index contributed by atoms with van der Waals surface area (Å²) < 4.78 is 11.8. The van der Waals surface area contributed by atoms with Crippen molar-refractivity contribution in [2.24, 2.45) is 0 Å². The van der Waals surface area contributed by atoms with Crippen LogP contribution in [0.5, 0.6) is 11.5 Å². The number of hydrogen-bond acceptors (Lipinski definition) is 3. The molecule has 0 aromatic heterocycles. The molecule has 30 heavy (non-hydrogen) atoms. The van der Waals surface area contributed by atoms with Crippen LogP contribution in [0.25, 0.3) is 0 Å². The highest BCUT2D eigenvalue weighted by Crippen LogP contribution is 2.38. The van der Waals surface area contributed by atoms with Crippen LogP contribution in [0.3, 0.4) is 0 Å². The molecule has 0 fully saturated rings. The lowest BCUT2D eigenvalue weighted by Gasteiger charge is -2.18. The number of rotatable bonds is 9. The first-order chi connectivity index (χ1) is 14.5. The molecule has 3 aromatic carbocycles. The van der Waals surface area contributed by atoms with Gasteiger partial charge in [0.05, 0.1) is 11.6 Å². The van der Waals surface area contributed by atoms with Crippen LogP contribution in [0.4, 0.5) is 0 Å². The van der Waals surface area contributed by atoms with Crippen LogP contribution in [-0.4, -0.2) is 6.61 Å². The smallest absolute Gasteiger partial charge is 0.180 e. The molecule has 6 heteroatoms. The van der Waals surface area contributed by atoms with Crippen molar-refractivity contribution in [2.75, 3.05) is 6.61 Å². The second-order valence-electron chi connectivity index (χ2n) is 6.88. The third-order valence-corrected chi connectivity index (χ3v) is 5.54. The van der Waals surface area contributed by atoms with Gasteiger partial charge in [0.1, 0.15) is 6.61 Å². The quantitative estimate of drug-likeness (QED) is 0.356. The summed E-state index contributed by atoms with van der Waals surface area (Å²) in [4.78, 5) is 0. The molecule has 1 N–H and O–H groups in total. The van der Waals surface area contributed by atoms with Gasteiger partial charge < -0.3 is 14.8 Å². The maximum absolute atomic E-state index is 6.55. The first kappa shape index (κ1) is 22.8. The second kappa shape index (κ2) is 10.9. The molecule has 1 unspecified atom stereocenters. The Hall–Kier alpha value is -1.91. The Morgan fingerprint density at radius 2 is 1.67 bits per heavy atom. The normalized spacial score (nSPS) is 11.9. The summed E-state index contributed by atoms with van der Waals surface area (Å²) in [6.07, 6.45) is 0. The van der Waals surface area contributed by atoms with E-state index in [0.717, 1.165) is 11.1 Å². The van der Waals surface area contributed by atoms with E-state index in [1.54, 1.807) is 12.1 Å². The van der Waals surface area contributed by atoms with E-state index < -0.39 is 0 Å². The molecule has 0 aliphatic carbocycles. The van der Waals surface area contributed by atoms with E-state index in [2.05, 4.69) is 24.4 Å². The zero-order chi connectivity index (χ0) is 21.5. The predicted octanol–water partition coefficient (Wildman–Crippen LogP) is 7.48. The summed E-state index contributed by atoms with van der Waals surface area (Å²) in [7, 11) is 0. The van der Waals surface area contributed by atoms with Crippen molar-refractivity contribution in [3.05, 3.63) is 92.4 Å². The fourth-order valence-corrected chi connectivity index (χ4v) is 3.80. The van der Waals surface area contributed by atoms with Gasteiger partial charge in [-0.2, -0.15) is 0 Å². The van der Waals surface area contributed by atoms with Crippen molar-refractivity contribution >= 4 is 34.8 Å². The predicted molar refractivity (Wildman–Crippen MR) is 125 cm³/mol. The Morgan fingerprint density at radius 3 is 2.37 bits per heavy atom. The summed E-state index contributed by atoms with van der Waals surface area (Å²) in [5.74, 6) is 1.11. The zero-order valence-corrected chi connectivity index (χ0v) is 19.2. The Kier molecular flexibility index (Phi) is 8.29. The Morgan fingerprint density at radius 1 is 0.900 bits per heavy atom. The van der Waals surface area contributed by atoms with E-state index in [0.29, 0.717) is 39.7 Å². The average molecular weight is 465 g/mol. The largest absolute Gasteiger partial charge is 0.490 e. The van der Waals surface area contributed by atoms with Crippen molar-refractivity contribution in [3.63, 3.8) is 0 Å². The number of ether oxygens (including phenoxy) is 2. The standard InChI is InChI=1S/C24H24Cl3NO2/c1-3-29-23-12-17(14-28-16(2)18-7-5-4-6-8-18)11-22(27)24(23)30-15-19-9-10-20(25)13-21(19)26/h4-13,16,28H,3,14-15H2,1-2H3. The number of halogens is 3. The Labute approximate surface area is 192 Å². The lowest BCUT2D eigenvalue weighted by Crippen LogP contribution is -2.18. The van der Waals surface area contributed by atoms with Gasteiger partial charge in [-0.15, -0.1) is 0 Å². The molecule has 0 radical (unpaired) electrons. The van der Waals surface area contributed by atoms with E-state index in [9.17, 15) is 0 Å². The summed E-state index contributed by atoms with van der Waals surface area (Å²) in [5, 5.41) is 5.14. The fraction of sp³-hybridized carbons (Fsp3) is 0.250. The van der Waals surface area contributed by atoms with Gasteiger partial charge in [-0.1, -0.05) is 71.2 Å². The Balaban J connectivity index is 1.73. The van der Waals surface area contributed by atoms with Gasteiger partial charge >= 0.3 is 0 Å². The zero-order valence-electron chi connectivity index (χ0n) is 16.9. The maximum Gasteiger partial charge on any atom is 0.180 e. The highest BCUT2D eigenvalue weighted by Gasteiger charge is 2.15. The fourth-order valence-electron chi connectivity index (χ4n) is 3.05. The van der Waals surface area contributed by atoms with Gasteiger partial charge in [-0.3, -0.25) is 0 Å². The van der Waals surface area contributed by atoms with E-state index in [1.807, 2.05) is 43.3 Å². The first-order valence-electron chi connectivity index (χ1n) is 9.78. The van der Waals surface area contributed by atoms with Crippen LogP contribution in [0.15, 0.2) is 60.7 Å². The van der Waals surface area contributed by atoms with Crippen molar-refractivity contribution in [3.8, 4) is 11.5 Å².